The van der Waals surface area contributed by atoms with Gasteiger partial charge in [0, 0.05) is 5.38 Å². The van der Waals surface area contributed by atoms with E-state index in [0.717, 1.165) is 14.7 Å². The first-order valence-corrected chi connectivity index (χ1v) is 11.5. The van der Waals surface area contributed by atoms with E-state index in [1.165, 1.54) is 11.3 Å². The van der Waals surface area contributed by atoms with Crippen LogP contribution in [-0.2, 0) is 22.6 Å². The van der Waals surface area contributed by atoms with Crippen LogP contribution in [0.2, 0.25) is 0 Å². The summed E-state index contributed by atoms with van der Waals surface area (Å²) in [5, 5.41) is 6.64. The van der Waals surface area contributed by atoms with Gasteiger partial charge in [-0.05, 0) is 52.8 Å². The van der Waals surface area contributed by atoms with Crippen molar-refractivity contribution in [1.82, 2.24) is 4.98 Å². The molecule has 0 aliphatic rings. The molecule has 0 atom stereocenters. The Morgan fingerprint density at radius 2 is 2.10 bits per heavy atom. The van der Waals surface area contributed by atoms with Crippen molar-refractivity contribution in [2.24, 2.45) is 5.10 Å². The molecule has 0 radical (unpaired) electrons. The molecule has 1 aromatic heterocycles. The molecule has 7 nitrogen and oxygen atoms in total. The summed E-state index contributed by atoms with van der Waals surface area (Å²) >= 11 is 3.59. The zero-order chi connectivity index (χ0) is 22.1. The van der Waals surface area contributed by atoms with Crippen molar-refractivity contribution in [2.45, 2.75) is 20.0 Å². The minimum absolute atomic E-state index is 0.148. The van der Waals surface area contributed by atoms with E-state index in [9.17, 15) is 4.79 Å². The second-order valence-corrected chi connectivity index (χ2v) is 8.32. The van der Waals surface area contributed by atoms with Crippen LogP contribution in [0, 0.1) is 3.57 Å². The van der Waals surface area contributed by atoms with Gasteiger partial charge in [0.05, 0.1) is 35.6 Å². The molecule has 0 bridgehead atoms. The number of hydrogen-bond donors (Lipinski definition) is 1. The summed E-state index contributed by atoms with van der Waals surface area (Å²) in [6, 6.07) is 13.8. The molecule has 1 N–H and O–H groups in total. The summed E-state index contributed by atoms with van der Waals surface area (Å²) in [6.45, 7) is 2.59. The quantitative estimate of drug-likeness (QED) is 0.167. The van der Waals surface area contributed by atoms with E-state index in [4.69, 9.17) is 14.2 Å². The summed E-state index contributed by atoms with van der Waals surface area (Å²) in [6.07, 6.45) is 1.83. The van der Waals surface area contributed by atoms with Crippen LogP contribution in [0.4, 0.5) is 5.13 Å². The lowest BCUT2D eigenvalue weighted by Crippen LogP contribution is -2.07. The van der Waals surface area contributed by atoms with Crippen molar-refractivity contribution >= 4 is 51.2 Å². The van der Waals surface area contributed by atoms with Gasteiger partial charge in [0.1, 0.15) is 6.61 Å². The second-order valence-electron chi connectivity index (χ2n) is 6.30. The summed E-state index contributed by atoms with van der Waals surface area (Å²) in [5.74, 6) is 1.04. The second kappa shape index (κ2) is 11.7. The lowest BCUT2D eigenvalue weighted by Gasteiger charge is -2.13. The van der Waals surface area contributed by atoms with Gasteiger partial charge in [0.25, 0.3) is 0 Å². The molecule has 0 saturated heterocycles. The number of thiazole rings is 1. The smallest absolute Gasteiger partial charge is 0.311 e. The molecule has 9 heteroatoms. The van der Waals surface area contributed by atoms with E-state index < -0.39 is 0 Å². The molecule has 3 aromatic rings. The first-order valence-electron chi connectivity index (χ1n) is 9.52. The number of halogens is 1. The van der Waals surface area contributed by atoms with Crippen molar-refractivity contribution in [3.05, 3.63) is 68.2 Å². The molecule has 31 heavy (non-hydrogen) atoms. The maximum Gasteiger partial charge on any atom is 0.311 e. The van der Waals surface area contributed by atoms with Gasteiger partial charge < -0.3 is 14.2 Å². The molecule has 0 unspecified atom stereocenters. The molecular formula is C22H22IN3O4S. The molecule has 2 aromatic carbocycles. The average Bonchev–Trinajstić information content (AvgIpc) is 3.20. The van der Waals surface area contributed by atoms with Crippen LogP contribution in [0.1, 0.15) is 23.7 Å². The number of nitrogens with one attached hydrogen (secondary N) is 1. The highest BCUT2D eigenvalue weighted by Gasteiger charge is 2.12. The van der Waals surface area contributed by atoms with Crippen LogP contribution in [0.3, 0.4) is 0 Å². The zero-order valence-electron chi connectivity index (χ0n) is 17.1. The summed E-state index contributed by atoms with van der Waals surface area (Å²) in [4.78, 5) is 15.9. The van der Waals surface area contributed by atoms with E-state index in [0.29, 0.717) is 35.5 Å². The molecule has 3 rings (SSSR count). The normalized spacial score (nSPS) is 10.8. The average molecular weight is 551 g/mol. The molecular weight excluding hydrogens is 529 g/mol. The fourth-order valence-electron chi connectivity index (χ4n) is 2.65. The Bertz CT molecular complexity index is 1040. The fourth-order valence-corrected chi connectivity index (χ4v) is 4.09. The Labute approximate surface area is 198 Å². The largest absolute Gasteiger partial charge is 0.493 e. The Balaban J connectivity index is 1.62. The maximum absolute atomic E-state index is 11.5. The molecule has 0 fully saturated rings. The number of nitrogens with zero attached hydrogens (tertiary/aromatic N) is 2. The van der Waals surface area contributed by atoms with Gasteiger partial charge in [-0.1, -0.05) is 30.3 Å². The van der Waals surface area contributed by atoms with Gasteiger partial charge >= 0.3 is 5.97 Å². The van der Waals surface area contributed by atoms with Crippen LogP contribution >= 0.6 is 33.9 Å². The third kappa shape index (κ3) is 6.93. The highest BCUT2D eigenvalue weighted by molar-refractivity contribution is 14.1. The van der Waals surface area contributed by atoms with Crippen LogP contribution < -0.4 is 14.9 Å². The van der Waals surface area contributed by atoms with Crippen LogP contribution in [0.15, 0.2) is 52.9 Å². The van der Waals surface area contributed by atoms with Gasteiger partial charge in [-0.2, -0.15) is 5.10 Å². The van der Waals surface area contributed by atoms with E-state index in [-0.39, 0.29) is 12.4 Å². The number of hydrazone groups is 1. The number of anilines is 1. The van der Waals surface area contributed by atoms with Crippen molar-refractivity contribution in [3.63, 3.8) is 0 Å². The molecule has 0 aliphatic carbocycles. The number of methoxy groups -OCH3 is 1. The van der Waals surface area contributed by atoms with Gasteiger partial charge in [-0.15, -0.1) is 11.3 Å². The monoisotopic (exact) mass is 551 g/mol. The standard InChI is InChI=1S/C22H22IN3O4S/c1-3-29-20(27)11-17-14-31-22(25-17)26-24-12-16-9-18(23)21(19(10-16)28-2)30-13-15-7-5-4-6-8-15/h4-10,12,14H,3,11,13H2,1-2H3,(H,25,26). The molecule has 1 heterocycles. The summed E-state index contributed by atoms with van der Waals surface area (Å²) in [5.41, 5.74) is 5.47. The van der Waals surface area contributed by atoms with E-state index in [2.05, 4.69) is 38.1 Å². The Morgan fingerprint density at radius 1 is 1.29 bits per heavy atom. The van der Waals surface area contributed by atoms with Gasteiger partial charge in [-0.25, -0.2) is 4.98 Å². The third-order valence-electron chi connectivity index (χ3n) is 4.03. The number of benzene rings is 2. The number of carbonyl (C=O) groups is 1. The van der Waals surface area contributed by atoms with Gasteiger partial charge in [0.15, 0.2) is 11.5 Å². The number of ether oxygens (including phenoxy) is 3. The van der Waals surface area contributed by atoms with Crippen molar-refractivity contribution in [2.75, 3.05) is 19.1 Å². The minimum atomic E-state index is -0.293. The SMILES string of the molecule is CCOC(=O)Cc1csc(NN=Cc2cc(I)c(OCc3ccccc3)c(OC)c2)n1. The molecule has 0 amide bonds. The topological polar surface area (TPSA) is 82.0 Å². The van der Waals surface area contributed by atoms with Crippen LogP contribution in [0.25, 0.3) is 0 Å². The minimum Gasteiger partial charge on any atom is -0.493 e. The molecule has 0 aliphatic heterocycles. The van der Waals surface area contributed by atoms with Gasteiger partial charge in [-0.3, -0.25) is 10.2 Å². The molecule has 0 spiro atoms. The number of aromatic nitrogens is 1. The summed E-state index contributed by atoms with van der Waals surface area (Å²) < 4.78 is 17.3. The van der Waals surface area contributed by atoms with E-state index in [1.807, 2.05) is 42.5 Å². The first-order chi connectivity index (χ1) is 15.1. The van der Waals surface area contributed by atoms with Crippen molar-refractivity contribution in [1.29, 1.82) is 0 Å². The zero-order valence-corrected chi connectivity index (χ0v) is 20.1. The highest BCUT2D eigenvalue weighted by atomic mass is 127. The predicted octanol–water partition coefficient (Wildman–Crippen LogP) is 4.89. The molecule has 0 saturated carbocycles. The van der Waals surface area contributed by atoms with Gasteiger partial charge in [0.2, 0.25) is 5.13 Å². The third-order valence-corrected chi connectivity index (χ3v) is 5.63. The lowest BCUT2D eigenvalue weighted by atomic mass is 10.2. The van der Waals surface area contributed by atoms with Crippen molar-refractivity contribution in [3.8, 4) is 11.5 Å². The Kier molecular flexibility index (Phi) is 8.65. The number of carbonyl (C=O) groups excluding carboxylic acids is 1. The number of esters is 1. The van der Waals surface area contributed by atoms with E-state index >= 15 is 0 Å². The lowest BCUT2D eigenvalue weighted by molar-refractivity contribution is -0.142. The predicted molar refractivity (Wildman–Crippen MR) is 130 cm³/mol. The fraction of sp³-hybridized carbons (Fsp3) is 0.227. The van der Waals surface area contributed by atoms with Crippen LogP contribution in [0.5, 0.6) is 11.5 Å². The Hall–Kier alpha value is -2.66. The molecule has 162 valence electrons. The number of hydrogen-bond acceptors (Lipinski definition) is 8. The maximum atomic E-state index is 11.5. The van der Waals surface area contributed by atoms with Crippen molar-refractivity contribution < 1.29 is 19.0 Å². The Morgan fingerprint density at radius 3 is 2.84 bits per heavy atom. The van der Waals surface area contributed by atoms with E-state index in [1.54, 1.807) is 25.6 Å². The number of rotatable bonds is 10. The van der Waals surface area contributed by atoms with Crippen LogP contribution in [-0.4, -0.2) is 30.9 Å². The summed E-state index contributed by atoms with van der Waals surface area (Å²) in [7, 11) is 1.61. The highest BCUT2D eigenvalue weighted by Crippen LogP contribution is 2.34. The first kappa shape index (κ1) is 23.0.